The number of aromatic nitrogens is 2. The van der Waals surface area contributed by atoms with E-state index in [-0.39, 0.29) is 11.8 Å². The molecule has 1 atom stereocenters. The molecule has 1 unspecified atom stereocenters. The lowest BCUT2D eigenvalue weighted by atomic mass is 9.97. The molecule has 2 aromatic rings. The minimum absolute atomic E-state index is 0.0544. The number of nitrogens with zero attached hydrogens (tertiary/aromatic N) is 3. The van der Waals surface area contributed by atoms with E-state index in [4.69, 9.17) is 9.47 Å². The highest BCUT2D eigenvalue weighted by Crippen LogP contribution is 2.28. The third-order valence-electron chi connectivity index (χ3n) is 5.31. The zero-order valence-electron chi connectivity index (χ0n) is 18.1. The van der Waals surface area contributed by atoms with E-state index in [1.807, 2.05) is 18.2 Å². The number of methoxy groups -OCH3 is 1. The van der Waals surface area contributed by atoms with Crippen LogP contribution in [0.15, 0.2) is 36.8 Å². The van der Waals surface area contributed by atoms with Crippen molar-refractivity contribution < 1.29 is 14.3 Å². The molecule has 0 radical (unpaired) electrons. The first-order valence-electron chi connectivity index (χ1n) is 10.6. The van der Waals surface area contributed by atoms with Crippen LogP contribution in [0.3, 0.4) is 0 Å². The average molecular weight is 413 g/mol. The summed E-state index contributed by atoms with van der Waals surface area (Å²) < 4.78 is 11.3. The van der Waals surface area contributed by atoms with Gasteiger partial charge in [-0.3, -0.25) is 9.78 Å². The average Bonchev–Trinajstić information content (AvgIpc) is 2.78. The molecule has 1 aliphatic heterocycles. The summed E-state index contributed by atoms with van der Waals surface area (Å²) in [5, 5.41) is 3.07. The molecule has 2 heterocycles. The smallest absolute Gasteiger partial charge is 0.225 e. The lowest BCUT2D eigenvalue weighted by Gasteiger charge is -2.32. The SMILES string of the molecule is COc1cc(CNC(=O)C2CCCN(c3cnccn3)C2)ccc1OCCC(C)C. The fourth-order valence-electron chi connectivity index (χ4n) is 3.53. The van der Waals surface area contributed by atoms with Crippen molar-refractivity contribution in [3.05, 3.63) is 42.4 Å². The van der Waals surface area contributed by atoms with E-state index in [0.717, 1.165) is 42.9 Å². The summed E-state index contributed by atoms with van der Waals surface area (Å²) in [6.45, 7) is 7.03. The first kappa shape index (κ1) is 21.9. The normalized spacial score (nSPS) is 16.4. The molecule has 7 heteroatoms. The Labute approximate surface area is 178 Å². The Hall–Kier alpha value is -2.83. The predicted octanol–water partition coefficient (Wildman–Crippen LogP) is 3.44. The third kappa shape index (κ3) is 6.08. The monoisotopic (exact) mass is 412 g/mol. The van der Waals surface area contributed by atoms with E-state index in [1.54, 1.807) is 25.7 Å². The number of benzene rings is 1. The van der Waals surface area contributed by atoms with Crippen LogP contribution in [-0.2, 0) is 11.3 Å². The Kier molecular flexibility index (Phi) is 7.88. The molecule has 30 heavy (non-hydrogen) atoms. The number of rotatable bonds is 9. The fourth-order valence-corrected chi connectivity index (χ4v) is 3.53. The molecule has 1 N–H and O–H groups in total. The summed E-state index contributed by atoms with van der Waals surface area (Å²) in [7, 11) is 1.64. The highest BCUT2D eigenvalue weighted by Gasteiger charge is 2.26. The number of nitrogens with one attached hydrogen (secondary N) is 1. The van der Waals surface area contributed by atoms with Crippen LogP contribution in [0, 0.1) is 11.8 Å². The van der Waals surface area contributed by atoms with E-state index in [2.05, 4.69) is 34.0 Å². The van der Waals surface area contributed by atoms with Gasteiger partial charge in [-0.15, -0.1) is 0 Å². The van der Waals surface area contributed by atoms with Crippen molar-refractivity contribution in [3.63, 3.8) is 0 Å². The maximum absolute atomic E-state index is 12.7. The number of carbonyl (C=O) groups is 1. The van der Waals surface area contributed by atoms with Crippen LogP contribution in [-0.4, -0.2) is 42.7 Å². The lowest BCUT2D eigenvalue weighted by molar-refractivity contribution is -0.125. The largest absolute Gasteiger partial charge is 0.493 e. The first-order chi connectivity index (χ1) is 14.6. The molecule has 1 amide bonds. The minimum Gasteiger partial charge on any atom is -0.493 e. The van der Waals surface area contributed by atoms with Gasteiger partial charge in [-0.05, 0) is 42.9 Å². The van der Waals surface area contributed by atoms with Crippen LogP contribution in [0.25, 0.3) is 0 Å². The van der Waals surface area contributed by atoms with Crippen LogP contribution in [0.5, 0.6) is 11.5 Å². The van der Waals surface area contributed by atoms with E-state index in [0.29, 0.717) is 31.4 Å². The van der Waals surface area contributed by atoms with Crippen molar-refractivity contribution in [1.82, 2.24) is 15.3 Å². The molecule has 1 aromatic carbocycles. The number of piperidine rings is 1. The zero-order chi connectivity index (χ0) is 21.3. The Morgan fingerprint density at radius 1 is 1.30 bits per heavy atom. The van der Waals surface area contributed by atoms with Crippen molar-refractivity contribution in [2.75, 3.05) is 31.7 Å². The second-order valence-corrected chi connectivity index (χ2v) is 8.08. The topological polar surface area (TPSA) is 76.6 Å². The number of carbonyl (C=O) groups excluding carboxylic acids is 1. The third-order valence-corrected chi connectivity index (χ3v) is 5.31. The highest BCUT2D eigenvalue weighted by molar-refractivity contribution is 5.79. The summed E-state index contributed by atoms with van der Waals surface area (Å²) in [6.07, 6.45) is 7.93. The summed E-state index contributed by atoms with van der Waals surface area (Å²) in [4.78, 5) is 23.4. The van der Waals surface area contributed by atoms with Crippen molar-refractivity contribution in [2.45, 2.75) is 39.7 Å². The molecule has 162 valence electrons. The van der Waals surface area contributed by atoms with Gasteiger partial charge < -0.3 is 19.7 Å². The Morgan fingerprint density at radius 3 is 2.90 bits per heavy atom. The summed E-state index contributed by atoms with van der Waals surface area (Å²) >= 11 is 0. The quantitative estimate of drug-likeness (QED) is 0.680. The maximum Gasteiger partial charge on any atom is 0.225 e. The predicted molar refractivity (Wildman–Crippen MR) is 117 cm³/mol. The first-order valence-corrected chi connectivity index (χ1v) is 10.6. The van der Waals surface area contributed by atoms with Gasteiger partial charge in [-0.25, -0.2) is 4.98 Å². The molecule has 0 aliphatic carbocycles. The maximum atomic E-state index is 12.7. The summed E-state index contributed by atoms with van der Waals surface area (Å²) in [6, 6.07) is 5.81. The van der Waals surface area contributed by atoms with Crippen molar-refractivity contribution >= 4 is 11.7 Å². The molecule has 1 aromatic heterocycles. The molecule has 1 aliphatic rings. The van der Waals surface area contributed by atoms with Gasteiger partial charge in [-0.2, -0.15) is 0 Å². The van der Waals surface area contributed by atoms with Crippen LogP contribution in [0.1, 0.15) is 38.7 Å². The lowest BCUT2D eigenvalue weighted by Crippen LogP contribution is -2.43. The minimum atomic E-state index is -0.0544. The van der Waals surface area contributed by atoms with Crippen LogP contribution in [0.2, 0.25) is 0 Å². The van der Waals surface area contributed by atoms with Crippen molar-refractivity contribution in [2.24, 2.45) is 11.8 Å². The van der Waals surface area contributed by atoms with E-state index < -0.39 is 0 Å². The Bertz CT molecular complexity index is 813. The molecule has 1 fully saturated rings. The second kappa shape index (κ2) is 10.8. The van der Waals surface area contributed by atoms with Gasteiger partial charge in [-0.1, -0.05) is 19.9 Å². The van der Waals surface area contributed by atoms with Gasteiger partial charge in [0, 0.05) is 32.0 Å². The standard InChI is InChI=1S/C23H32N4O3/c1-17(2)8-12-30-20-7-6-18(13-21(20)29-3)14-26-23(28)19-5-4-11-27(16-19)22-15-24-9-10-25-22/h6-7,9-10,13,15,17,19H,4-5,8,11-12,14,16H2,1-3H3,(H,26,28). The molecular weight excluding hydrogens is 380 g/mol. The second-order valence-electron chi connectivity index (χ2n) is 8.08. The molecule has 0 bridgehead atoms. The number of ether oxygens (including phenoxy) is 2. The van der Waals surface area contributed by atoms with E-state index in [9.17, 15) is 4.79 Å². The summed E-state index contributed by atoms with van der Waals surface area (Å²) in [5.41, 5.74) is 0.984. The number of hydrogen-bond acceptors (Lipinski definition) is 6. The van der Waals surface area contributed by atoms with Gasteiger partial charge in [0.2, 0.25) is 5.91 Å². The molecule has 0 spiro atoms. The van der Waals surface area contributed by atoms with Gasteiger partial charge in [0.05, 0.1) is 25.8 Å². The molecule has 1 saturated heterocycles. The van der Waals surface area contributed by atoms with Crippen molar-refractivity contribution in [1.29, 1.82) is 0 Å². The molecule has 0 saturated carbocycles. The Balaban J connectivity index is 1.53. The molecular formula is C23H32N4O3. The van der Waals surface area contributed by atoms with Gasteiger partial charge in [0.25, 0.3) is 0 Å². The summed E-state index contributed by atoms with van der Waals surface area (Å²) in [5.74, 6) is 2.86. The van der Waals surface area contributed by atoms with Gasteiger partial charge in [0.15, 0.2) is 11.5 Å². The fraction of sp³-hybridized carbons (Fsp3) is 0.522. The number of amides is 1. The van der Waals surface area contributed by atoms with Crippen LogP contribution >= 0.6 is 0 Å². The van der Waals surface area contributed by atoms with E-state index >= 15 is 0 Å². The zero-order valence-corrected chi connectivity index (χ0v) is 18.1. The molecule has 3 rings (SSSR count). The highest BCUT2D eigenvalue weighted by atomic mass is 16.5. The molecule has 7 nitrogen and oxygen atoms in total. The Morgan fingerprint density at radius 2 is 2.17 bits per heavy atom. The number of anilines is 1. The van der Waals surface area contributed by atoms with Gasteiger partial charge >= 0.3 is 0 Å². The van der Waals surface area contributed by atoms with Crippen LogP contribution in [0.4, 0.5) is 5.82 Å². The van der Waals surface area contributed by atoms with Crippen molar-refractivity contribution in [3.8, 4) is 11.5 Å². The number of hydrogen-bond donors (Lipinski definition) is 1. The van der Waals surface area contributed by atoms with E-state index in [1.165, 1.54) is 0 Å². The van der Waals surface area contributed by atoms with Gasteiger partial charge in [0.1, 0.15) is 5.82 Å². The van der Waals surface area contributed by atoms with Crippen LogP contribution < -0.4 is 19.7 Å².